The molecule has 0 aliphatic carbocycles. The van der Waals surface area contributed by atoms with Gasteiger partial charge in [-0.15, -0.1) is 0 Å². The van der Waals surface area contributed by atoms with Crippen LogP contribution in [0.1, 0.15) is 24.2 Å². The van der Waals surface area contributed by atoms with Gasteiger partial charge in [0, 0.05) is 24.7 Å². The summed E-state index contributed by atoms with van der Waals surface area (Å²) >= 11 is 0. The number of carbonyl (C=O) groups excluding carboxylic acids is 1. The minimum atomic E-state index is 0.00634. The van der Waals surface area contributed by atoms with Crippen LogP contribution in [0.15, 0.2) is 24.3 Å². The predicted molar refractivity (Wildman–Crippen MR) is 72.8 cm³/mol. The Bertz CT molecular complexity index is 387. The molecule has 1 aromatic rings. The van der Waals surface area contributed by atoms with E-state index in [0.717, 1.165) is 6.54 Å². The van der Waals surface area contributed by atoms with Crippen molar-refractivity contribution in [2.45, 2.75) is 19.9 Å². The third kappa shape index (κ3) is 3.74. The first kappa shape index (κ1) is 14.5. The Morgan fingerprint density at radius 2 is 1.83 bits per heavy atom. The molecule has 1 rings (SSSR count). The highest BCUT2D eigenvalue weighted by atomic mass is 16.3. The highest BCUT2D eigenvalue weighted by Gasteiger charge is 2.20. The lowest BCUT2D eigenvalue weighted by Gasteiger charge is -2.30. The van der Waals surface area contributed by atoms with Gasteiger partial charge < -0.3 is 14.9 Å². The monoisotopic (exact) mass is 250 g/mol. The molecule has 1 unspecified atom stereocenters. The normalized spacial score (nSPS) is 12.5. The summed E-state index contributed by atoms with van der Waals surface area (Å²) in [6, 6.07) is 6.55. The Labute approximate surface area is 109 Å². The summed E-state index contributed by atoms with van der Waals surface area (Å²) in [6.07, 6.45) is 0. The number of carbonyl (C=O) groups is 1. The number of rotatable bonds is 5. The van der Waals surface area contributed by atoms with Crippen molar-refractivity contribution in [1.29, 1.82) is 0 Å². The number of hydrogen-bond acceptors (Lipinski definition) is 3. The van der Waals surface area contributed by atoms with Crippen molar-refractivity contribution in [1.82, 2.24) is 9.80 Å². The molecular weight excluding hydrogens is 228 g/mol. The second-order valence-corrected chi connectivity index (χ2v) is 4.75. The van der Waals surface area contributed by atoms with Crippen LogP contribution < -0.4 is 0 Å². The van der Waals surface area contributed by atoms with Gasteiger partial charge in [-0.2, -0.15) is 0 Å². The van der Waals surface area contributed by atoms with Crippen molar-refractivity contribution in [3.63, 3.8) is 0 Å². The molecule has 0 saturated carbocycles. The van der Waals surface area contributed by atoms with Crippen LogP contribution in [0.4, 0.5) is 0 Å². The fourth-order valence-corrected chi connectivity index (χ4v) is 2.05. The molecule has 0 radical (unpaired) electrons. The van der Waals surface area contributed by atoms with E-state index in [4.69, 9.17) is 0 Å². The van der Waals surface area contributed by atoms with Gasteiger partial charge in [-0.25, -0.2) is 0 Å². The van der Waals surface area contributed by atoms with Crippen LogP contribution in [-0.4, -0.2) is 54.0 Å². The predicted octanol–water partition coefficient (Wildman–Crippen LogP) is 1.80. The van der Waals surface area contributed by atoms with Crippen LogP contribution in [0.3, 0.4) is 0 Å². The van der Waals surface area contributed by atoms with E-state index in [9.17, 15) is 9.90 Å². The molecule has 0 heterocycles. The smallest absolute Gasteiger partial charge is 0.254 e. The second kappa shape index (κ2) is 6.40. The average Bonchev–Trinajstić information content (AvgIpc) is 2.29. The highest BCUT2D eigenvalue weighted by molar-refractivity contribution is 5.94. The Kier molecular flexibility index (Phi) is 5.16. The molecule has 0 spiro atoms. The van der Waals surface area contributed by atoms with E-state index in [2.05, 4.69) is 4.90 Å². The number of phenols is 1. The standard InChI is InChI=1S/C14H22N2O2/c1-5-16(11(2)10-15(3)4)14(18)12-6-8-13(17)9-7-12/h6-9,11,17H,5,10H2,1-4H3. The number of aromatic hydroxyl groups is 1. The van der Waals surface area contributed by atoms with Crippen molar-refractivity contribution in [3.8, 4) is 5.75 Å². The topological polar surface area (TPSA) is 43.8 Å². The van der Waals surface area contributed by atoms with Crippen molar-refractivity contribution in [2.75, 3.05) is 27.2 Å². The molecule has 1 aromatic carbocycles. The zero-order valence-electron chi connectivity index (χ0n) is 11.6. The molecule has 4 nitrogen and oxygen atoms in total. The summed E-state index contributed by atoms with van der Waals surface area (Å²) in [6.45, 7) is 5.53. The van der Waals surface area contributed by atoms with Crippen LogP contribution in [-0.2, 0) is 0 Å². The van der Waals surface area contributed by atoms with E-state index in [-0.39, 0.29) is 17.7 Å². The van der Waals surface area contributed by atoms with Crippen molar-refractivity contribution < 1.29 is 9.90 Å². The maximum atomic E-state index is 12.3. The minimum absolute atomic E-state index is 0.00634. The zero-order chi connectivity index (χ0) is 13.7. The summed E-state index contributed by atoms with van der Waals surface area (Å²) in [5.74, 6) is 0.183. The molecule has 1 N–H and O–H groups in total. The molecule has 1 atom stereocenters. The third-order valence-corrected chi connectivity index (χ3v) is 2.88. The quantitative estimate of drug-likeness (QED) is 0.866. The Morgan fingerprint density at radius 3 is 2.28 bits per heavy atom. The summed E-state index contributed by atoms with van der Waals surface area (Å²) in [7, 11) is 3.99. The van der Waals surface area contributed by atoms with Crippen LogP contribution >= 0.6 is 0 Å². The zero-order valence-corrected chi connectivity index (χ0v) is 11.6. The summed E-state index contributed by atoms with van der Waals surface area (Å²) in [4.78, 5) is 16.2. The van der Waals surface area contributed by atoms with Gasteiger partial charge in [-0.1, -0.05) is 0 Å². The van der Waals surface area contributed by atoms with Crippen molar-refractivity contribution >= 4 is 5.91 Å². The Hall–Kier alpha value is -1.55. The number of amides is 1. The van der Waals surface area contributed by atoms with E-state index in [1.807, 2.05) is 32.8 Å². The SMILES string of the molecule is CCN(C(=O)c1ccc(O)cc1)C(C)CN(C)C. The molecule has 0 saturated heterocycles. The van der Waals surface area contributed by atoms with E-state index in [1.54, 1.807) is 12.1 Å². The fourth-order valence-electron chi connectivity index (χ4n) is 2.05. The first-order chi connectivity index (χ1) is 8.45. The van der Waals surface area contributed by atoms with E-state index in [0.29, 0.717) is 12.1 Å². The lowest BCUT2D eigenvalue weighted by Crippen LogP contribution is -2.43. The molecule has 0 aromatic heterocycles. The molecule has 4 heteroatoms. The first-order valence-electron chi connectivity index (χ1n) is 6.20. The van der Waals surface area contributed by atoms with E-state index >= 15 is 0 Å². The summed E-state index contributed by atoms with van der Waals surface area (Å²) in [5, 5.41) is 9.23. The molecule has 0 fully saturated rings. The first-order valence-corrected chi connectivity index (χ1v) is 6.20. The Balaban J connectivity index is 2.81. The van der Waals surface area contributed by atoms with E-state index < -0.39 is 0 Å². The van der Waals surface area contributed by atoms with Gasteiger partial charge in [0.25, 0.3) is 5.91 Å². The summed E-state index contributed by atoms with van der Waals surface area (Å²) < 4.78 is 0. The van der Waals surface area contributed by atoms with Crippen LogP contribution in [0.25, 0.3) is 0 Å². The maximum absolute atomic E-state index is 12.3. The number of phenolic OH excluding ortho intramolecular Hbond substituents is 1. The molecule has 0 aliphatic rings. The van der Waals surface area contributed by atoms with Gasteiger partial charge in [0.15, 0.2) is 0 Å². The molecule has 18 heavy (non-hydrogen) atoms. The number of hydrogen-bond donors (Lipinski definition) is 1. The van der Waals surface area contributed by atoms with Crippen molar-refractivity contribution in [2.24, 2.45) is 0 Å². The Morgan fingerprint density at radius 1 is 1.28 bits per heavy atom. The van der Waals surface area contributed by atoms with Crippen molar-refractivity contribution in [3.05, 3.63) is 29.8 Å². The van der Waals surface area contributed by atoms with E-state index in [1.165, 1.54) is 12.1 Å². The van der Waals surface area contributed by atoms with Gasteiger partial charge in [-0.3, -0.25) is 4.79 Å². The van der Waals surface area contributed by atoms with Gasteiger partial charge >= 0.3 is 0 Å². The van der Waals surface area contributed by atoms with Gasteiger partial charge in [0.2, 0.25) is 0 Å². The third-order valence-electron chi connectivity index (χ3n) is 2.88. The van der Waals surface area contributed by atoms with Gasteiger partial charge in [0.05, 0.1) is 0 Å². The minimum Gasteiger partial charge on any atom is -0.508 e. The molecular formula is C14H22N2O2. The second-order valence-electron chi connectivity index (χ2n) is 4.75. The lowest BCUT2D eigenvalue weighted by atomic mass is 10.1. The van der Waals surface area contributed by atoms with Crippen LogP contribution in [0.2, 0.25) is 0 Å². The fraction of sp³-hybridized carbons (Fsp3) is 0.500. The average molecular weight is 250 g/mol. The largest absolute Gasteiger partial charge is 0.508 e. The summed E-state index contributed by atoms with van der Waals surface area (Å²) in [5.41, 5.74) is 0.611. The maximum Gasteiger partial charge on any atom is 0.254 e. The van der Waals surface area contributed by atoms with Crippen LogP contribution in [0, 0.1) is 0 Å². The highest BCUT2D eigenvalue weighted by Crippen LogP contribution is 2.13. The van der Waals surface area contributed by atoms with Crippen LogP contribution in [0.5, 0.6) is 5.75 Å². The lowest BCUT2D eigenvalue weighted by molar-refractivity contribution is 0.0679. The molecule has 0 aliphatic heterocycles. The number of benzene rings is 1. The molecule has 1 amide bonds. The molecule has 0 bridgehead atoms. The van der Waals surface area contributed by atoms with Gasteiger partial charge in [-0.05, 0) is 52.2 Å². The molecule has 100 valence electrons. The number of likely N-dealkylation sites (N-methyl/N-ethyl adjacent to an activating group) is 2. The number of nitrogens with zero attached hydrogens (tertiary/aromatic N) is 2. The van der Waals surface area contributed by atoms with Gasteiger partial charge in [0.1, 0.15) is 5.75 Å².